The second-order valence-electron chi connectivity index (χ2n) is 8.07. The molecule has 0 aromatic carbocycles. The Morgan fingerprint density at radius 1 is 1.00 bits per heavy atom. The molecule has 31 heavy (non-hydrogen) atoms. The molecule has 3 fully saturated rings. The predicted molar refractivity (Wildman–Crippen MR) is 113 cm³/mol. The molecule has 0 spiro atoms. The van der Waals surface area contributed by atoms with Gasteiger partial charge < -0.3 is 20.8 Å². The molecular formula is C20H30N4O6S. The van der Waals surface area contributed by atoms with E-state index in [9.17, 15) is 24.0 Å². The van der Waals surface area contributed by atoms with Crippen LogP contribution in [0.3, 0.4) is 0 Å². The van der Waals surface area contributed by atoms with Crippen molar-refractivity contribution in [3.8, 4) is 0 Å². The lowest BCUT2D eigenvalue weighted by Gasteiger charge is -2.16. The van der Waals surface area contributed by atoms with Crippen LogP contribution in [0.2, 0.25) is 0 Å². The zero-order chi connectivity index (χ0) is 22.2. The Bertz CT molecular complexity index is 702. The summed E-state index contributed by atoms with van der Waals surface area (Å²) in [6.45, 7) is 0.552. The van der Waals surface area contributed by atoms with E-state index in [1.54, 1.807) is 0 Å². The van der Waals surface area contributed by atoms with Crippen LogP contribution in [0.25, 0.3) is 0 Å². The van der Waals surface area contributed by atoms with Gasteiger partial charge in [-0.05, 0) is 25.7 Å². The first-order valence-electron chi connectivity index (χ1n) is 11.0. The number of carbonyl (C=O) groups is 5. The molecular weight excluding hydrogens is 424 g/mol. The minimum atomic E-state index is -0.590. The number of amides is 5. The van der Waals surface area contributed by atoms with Crippen LogP contribution in [-0.2, 0) is 24.0 Å². The fraction of sp³-hybridized carbons (Fsp3) is 0.750. The monoisotopic (exact) mass is 454 g/mol. The van der Waals surface area contributed by atoms with Crippen molar-refractivity contribution in [3.05, 3.63) is 0 Å². The second-order valence-corrected chi connectivity index (χ2v) is 9.35. The fourth-order valence-electron chi connectivity index (χ4n) is 3.97. The van der Waals surface area contributed by atoms with Crippen LogP contribution in [0.1, 0.15) is 64.2 Å². The number of thioether (sulfide) groups is 1. The standard InChI is InChI=1S/C20H30N4O6S/c25-15(7-4-3-6-14-19-13(12-31-14)22-20(29)23-19)21-11-5-1-2-8-18(28)30-24-16(26)9-10-17(24)27/h13-14,19H,1-12H2,(H,21,25)(H2,22,23,29)/t13-,14-,19+/m0/s1. The van der Waals surface area contributed by atoms with Crippen molar-refractivity contribution in [1.29, 1.82) is 0 Å². The Hall–Kier alpha value is -2.30. The molecule has 11 heteroatoms. The summed E-state index contributed by atoms with van der Waals surface area (Å²) in [4.78, 5) is 62.6. The number of fused-ring (bicyclic) bond motifs is 1. The molecule has 3 heterocycles. The third-order valence-electron chi connectivity index (χ3n) is 5.66. The van der Waals surface area contributed by atoms with Crippen LogP contribution in [0.5, 0.6) is 0 Å². The Morgan fingerprint density at radius 2 is 1.74 bits per heavy atom. The molecule has 0 aromatic heterocycles. The molecule has 0 aromatic rings. The highest BCUT2D eigenvalue weighted by Crippen LogP contribution is 2.33. The first-order valence-corrected chi connectivity index (χ1v) is 12.0. The largest absolute Gasteiger partial charge is 0.356 e. The third-order valence-corrected chi connectivity index (χ3v) is 7.17. The molecule has 3 saturated heterocycles. The smallest absolute Gasteiger partial charge is 0.333 e. The van der Waals surface area contributed by atoms with Gasteiger partial charge in [0.05, 0.1) is 12.1 Å². The summed E-state index contributed by atoms with van der Waals surface area (Å²) < 4.78 is 0. The van der Waals surface area contributed by atoms with Gasteiger partial charge in [-0.2, -0.15) is 11.8 Å². The van der Waals surface area contributed by atoms with Crippen LogP contribution >= 0.6 is 11.8 Å². The maximum atomic E-state index is 11.9. The van der Waals surface area contributed by atoms with Gasteiger partial charge in [-0.3, -0.25) is 14.4 Å². The van der Waals surface area contributed by atoms with Gasteiger partial charge in [0.25, 0.3) is 11.8 Å². The average molecular weight is 455 g/mol. The van der Waals surface area contributed by atoms with Crippen molar-refractivity contribution in [1.82, 2.24) is 21.0 Å². The van der Waals surface area contributed by atoms with E-state index in [-0.39, 0.29) is 43.3 Å². The molecule has 0 bridgehead atoms. The molecule has 10 nitrogen and oxygen atoms in total. The van der Waals surface area contributed by atoms with E-state index in [4.69, 9.17) is 4.84 Å². The zero-order valence-electron chi connectivity index (χ0n) is 17.5. The van der Waals surface area contributed by atoms with Gasteiger partial charge in [0.1, 0.15) is 0 Å². The van der Waals surface area contributed by atoms with Crippen LogP contribution < -0.4 is 16.0 Å². The Balaban J connectivity index is 1.15. The number of hydrogen-bond donors (Lipinski definition) is 3. The lowest BCUT2D eigenvalue weighted by atomic mass is 10.0. The van der Waals surface area contributed by atoms with Gasteiger partial charge in [0, 0.05) is 43.2 Å². The molecule has 5 amide bonds. The van der Waals surface area contributed by atoms with Crippen LogP contribution in [-0.4, -0.2) is 64.4 Å². The maximum absolute atomic E-state index is 11.9. The SMILES string of the molecule is O=C(CCCC[C@@H]1SC[C@@H]2NC(=O)N[C@H]21)NCCCCCC(=O)ON1C(=O)CCC1=O. The topological polar surface area (TPSA) is 134 Å². The Labute approximate surface area is 185 Å². The summed E-state index contributed by atoms with van der Waals surface area (Å²) in [6.07, 6.45) is 5.60. The highest BCUT2D eigenvalue weighted by Gasteiger charge is 2.42. The van der Waals surface area contributed by atoms with E-state index in [0.717, 1.165) is 37.9 Å². The van der Waals surface area contributed by atoms with E-state index in [1.807, 2.05) is 11.8 Å². The van der Waals surface area contributed by atoms with Crippen LogP contribution in [0.15, 0.2) is 0 Å². The fourth-order valence-corrected chi connectivity index (χ4v) is 5.51. The van der Waals surface area contributed by atoms with Crippen molar-refractivity contribution in [3.63, 3.8) is 0 Å². The molecule has 3 rings (SSSR count). The highest BCUT2D eigenvalue weighted by atomic mass is 32.2. The molecule has 0 aliphatic carbocycles. The van der Waals surface area contributed by atoms with Gasteiger partial charge in [-0.25, -0.2) is 9.59 Å². The third kappa shape index (κ3) is 6.84. The van der Waals surface area contributed by atoms with Crippen molar-refractivity contribution in [2.45, 2.75) is 81.5 Å². The van der Waals surface area contributed by atoms with Gasteiger partial charge in [-0.1, -0.05) is 12.8 Å². The summed E-state index contributed by atoms with van der Waals surface area (Å²) >= 11 is 1.88. The first kappa shape index (κ1) is 23.4. The number of urea groups is 1. The van der Waals surface area contributed by atoms with E-state index >= 15 is 0 Å². The minimum absolute atomic E-state index is 0.0262. The lowest BCUT2D eigenvalue weighted by molar-refractivity contribution is -0.197. The Morgan fingerprint density at radius 3 is 2.52 bits per heavy atom. The van der Waals surface area contributed by atoms with Crippen LogP contribution in [0, 0.1) is 0 Å². The maximum Gasteiger partial charge on any atom is 0.333 e. The summed E-state index contributed by atoms with van der Waals surface area (Å²) in [5.41, 5.74) is 0. The van der Waals surface area contributed by atoms with Gasteiger partial charge in [0.15, 0.2) is 0 Å². The van der Waals surface area contributed by atoms with Crippen molar-refractivity contribution < 1.29 is 28.8 Å². The number of nitrogens with one attached hydrogen (secondary N) is 3. The van der Waals surface area contributed by atoms with Crippen molar-refractivity contribution in [2.24, 2.45) is 0 Å². The molecule has 3 atom stereocenters. The quantitative estimate of drug-likeness (QED) is 0.227. The first-order chi connectivity index (χ1) is 14.9. The van der Waals surface area contributed by atoms with Crippen LogP contribution in [0.4, 0.5) is 4.79 Å². The van der Waals surface area contributed by atoms with Gasteiger partial charge in [0.2, 0.25) is 5.91 Å². The van der Waals surface area contributed by atoms with Crippen molar-refractivity contribution in [2.75, 3.05) is 12.3 Å². The summed E-state index contributed by atoms with van der Waals surface area (Å²) in [7, 11) is 0. The average Bonchev–Trinajstić information content (AvgIpc) is 3.38. The van der Waals surface area contributed by atoms with E-state index in [2.05, 4.69) is 16.0 Å². The molecule has 3 aliphatic rings. The summed E-state index contributed by atoms with van der Waals surface area (Å²) in [5.74, 6) is -0.574. The minimum Gasteiger partial charge on any atom is -0.356 e. The van der Waals surface area contributed by atoms with Gasteiger partial charge >= 0.3 is 12.0 Å². The van der Waals surface area contributed by atoms with E-state index in [0.29, 0.717) is 29.7 Å². The second kappa shape index (κ2) is 11.4. The van der Waals surface area contributed by atoms with E-state index in [1.165, 1.54) is 0 Å². The number of unbranched alkanes of at least 4 members (excludes halogenated alkanes) is 3. The number of nitrogens with zero attached hydrogens (tertiary/aromatic N) is 1. The molecule has 0 unspecified atom stereocenters. The number of carbonyl (C=O) groups excluding carboxylic acids is 5. The molecule has 0 saturated carbocycles. The number of imide groups is 1. The predicted octanol–water partition coefficient (Wildman–Crippen LogP) is 0.996. The Kier molecular flexibility index (Phi) is 8.56. The highest BCUT2D eigenvalue weighted by molar-refractivity contribution is 8.00. The molecule has 172 valence electrons. The zero-order valence-corrected chi connectivity index (χ0v) is 18.3. The lowest BCUT2D eigenvalue weighted by Crippen LogP contribution is -2.36. The number of rotatable bonds is 12. The molecule has 3 N–H and O–H groups in total. The summed E-state index contributed by atoms with van der Waals surface area (Å²) in [6, 6.07) is 0.367. The molecule has 3 aliphatic heterocycles. The van der Waals surface area contributed by atoms with Crippen molar-refractivity contribution >= 4 is 41.5 Å². The van der Waals surface area contributed by atoms with Gasteiger partial charge in [-0.15, -0.1) is 5.06 Å². The number of hydroxylamine groups is 2. The normalized spacial score (nSPS) is 24.7. The van der Waals surface area contributed by atoms with E-state index < -0.39 is 17.8 Å². The molecule has 0 radical (unpaired) electrons. The summed E-state index contributed by atoms with van der Waals surface area (Å²) in [5, 5.41) is 9.77. The number of hydrogen-bond acceptors (Lipinski definition) is 7.